The predicted octanol–water partition coefficient (Wildman–Crippen LogP) is 0.775. The molecule has 0 radical (unpaired) electrons. The summed E-state index contributed by atoms with van der Waals surface area (Å²) in [6.45, 7) is -0.398. The molecule has 0 spiro atoms. The van der Waals surface area contributed by atoms with Crippen LogP contribution in [0, 0.1) is 0 Å². The van der Waals surface area contributed by atoms with Crippen LogP contribution in [0.5, 0.6) is 0 Å². The van der Waals surface area contributed by atoms with Crippen molar-refractivity contribution in [2.45, 2.75) is 31.1 Å². The molecular weight excluding hydrogens is 380 g/mol. The Morgan fingerprint density at radius 2 is 1.67 bits per heavy atom. The van der Waals surface area contributed by atoms with E-state index < -0.39 is 55.0 Å². The molecule has 1 rings (SSSR count). The predicted molar refractivity (Wildman–Crippen MR) is 93.3 cm³/mol. The van der Waals surface area contributed by atoms with Gasteiger partial charge in [0, 0.05) is 6.54 Å². The minimum absolute atomic E-state index is 0.398. The standard InChI is InChI=1S/C16H16N2O8S/c19-12(20)6-11(14(23)24)18(8-10-4-2-1-3-5-10)16(15(25)26,17-9-27)7-13(21)22/h1-5,11H,6-8H2,(H,19,20)(H,21,22)(H,23,24)(H,25,26). The van der Waals surface area contributed by atoms with E-state index >= 15 is 0 Å². The zero-order valence-corrected chi connectivity index (χ0v) is 14.6. The van der Waals surface area contributed by atoms with Crippen molar-refractivity contribution in [2.24, 2.45) is 4.99 Å². The van der Waals surface area contributed by atoms with Crippen molar-refractivity contribution in [1.29, 1.82) is 0 Å². The molecule has 2 unspecified atom stereocenters. The Kier molecular flexibility index (Phi) is 7.73. The highest BCUT2D eigenvalue weighted by Gasteiger charge is 2.51. The summed E-state index contributed by atoms with van der Waals surface area (Å²) in [5.41, 5.74) is -2.23. The summed E-state index contributed by atoms with van der Waals surface area (Å²) in [4.78, 5) is 50.2. The summed E-state index contributed by atoms with van der Waals surface area (Å²) in [6, 6.07) is 6.06. The number of benzene rings is 1. The van der Waals surface area contributed by atoms with Crippen molar-refractivity contribution in [2.75, 3.05) is 0 Å². The van der Waals surface area contributed by atoms with Gasteiger partial charge in [0.15, 0.2) is 0 Å². The smallest absolute Gasteiger partial charge is 0.348 e. The van der Waals surface area contributed by atoms with Crippen LogP contribution in [-0.2, 0) is 25.7 Å². The van der Waals surface area contributed by atoms with Gasteiger partial charge in [0.2, 0.25) is 5.66 Å². The molecule has 4 N–H and O–H groups in total. The van der Waals surface area contributed by atoms with Crippen LogP contribution >= 0.6 is 12.2 Å². The molecule has 1 aromatic carbocycles. The highest BCUT2D eigenvalue weighted by molar-refractivity contribution is 7.78. The van der Waals surface area contributed by atoms with Crippen molar-refractivity contribution < 1.29 is 39.6 Å². The molecule has 2 atom stereocenters. The Morgan fingerprint density at radius 3 is 2.07 bits per heavy atom. The van der Waals surface area contributed by atoms with Crippen molar-refractivity contribution in [3.63, 3.8) is 0 Å². The normalized spacial score (nSPS) is 13.8. The largest absolute Gasteiger partial charge is 0.481 e. The number of carbonyl (C=O) groups is 4. The van der Waals surface area contributed by atoms with E-state index in [0.717, 1.165) is 0 Å². The van der Waals surface area contributed by atoms with Crippen LogP contribution in [0.2, 0.25) is 0 Å². The fourth-order valence-corrected chi connectivity index (χ4v) is 2.66. The zero-order valence-electron chi connectivity index (χ0n) is 13.8. The molecule has 0 saturated carbocycles. The first kappa shape index (κ1) is 21.9. The maximum absolute atomic E-state index is 12.0. The Morgan fingerprint density at radius 1 is 1.07 bits per heavy atom. The van der Waals surface area contributed by atoms with Gasteiger partial charge in [-0.15, -0.1) is 0 Å². The third-order valence-corrected chi connectivity index (χ3v) is 3.76. The number of isothiocyanates is 1. The fourth-order valence-electron chi connectivity index (χ4n) is 2.51. The Labute approximate surface area is 158 Å². The third kappa shape index (κ3) is 5.68. The molecule has 0 bridgehead atoms. The molecule has 144 valence electrons. The summed E-state index contributed by atoms with van der Waals surface area (Å²) in [6.07, 6.45) is -2.13. The average Bonchev–Trinajstić information content (AvgIpc) is 2.57. The Bertz CT molecular complexity index is 774. The second kappa shape index (κ2) is 9.53. The van der Waals surface area contributed by atoms with Crippen molar-refractivity contribution in [1.82, 2.24) is 4.90 Å². The maximum atomic E-state index is 12.0. The van der Waals surface area contributed by atoms with E-state index in [1.807, 2.05) is 0 Å². The molecule has 10 nitrogen and oxygen atoms in total. The lowest BCUT2D eigenvalue weighted by molar-refractivity contribution is -0.167. The fraction of sp³-hybridized carbons (Fsp3) is 0.312. The second-order valence-corrected chi connectivity index (χ2v) is 5.64. The van der Waals surface area contributed by atoms with E-state index in [2.05, 4.69) is 17.2 Å². The van der Waals surface area contributed by atoms with Crippen molar-refractivity contribution in [3.8, 4) is 0 Å². The molecule has 0 amide bonds. The summed E-state index contributed by atoms with van der Waals surface area (Å²) in [5.74, 6) is -6.55. The molecule has 0 saturated heterocycles. The van der Waals surface area contributed by atoms with Crippen LogP contribution in [0.1, 0.15) is 18.4 Å². The molecule has 0 aliphatic rings. The SMILES string of the molecule is O=C(O)CC(C(=O)O)N(Cc1ccccc1)C(CC(=O)O)(N=C=S)C(=O)O. The minimum atomic E-state index is -2.65. The zero-order chi connectivity index (χ0) is 20.6. The highest BCUT2D eigenvalue weighted by Crippen LogP contribution is 2.29. The second-order valence-electron chi connectivity index (χ2n) is 5.46. The number of nitrogens with zero attached hydrogens (tertiary/aromatic N) is 2. The van der Waals surface area contributed by atoms with Gasteiger partial charge in [-0.1, -0.05) is 30.3 Å². The summed E-state index contributed by atoms with van der Waals surface area (Å²) in [5, 5.41) is 39.2. The van der Waals surface area contributed by atoms with Crippen LogP contribution in [0.3, 0.4) is 0 Å². The number of carboxylic acid groups (broad SMARTS) is 4. The van der Waals surface area contributed by atoms with E-state index in [9.17, 15) is 29.4 Å². The van der Waals surface area contributed by atoms with E-state index in [1.165, 1.54) is 0 Å². The van der Waals surface area contributed by atoms with Crippen molar-refractivity contribution >= 4 is 41.3 Å². The topological polar surface area (TPSA) is 165 Å². The number of carboxylic acids is 4. The molecule has 0 aliphatic heterocycles. The first-order valence-corrected chi connectivity index (χ1v) is 7.84. The van der Waals surface area contributed by atoms with E-state index in [0.29, 0.717) is 10.5 Å². The van der Waals surface area contributed by atoms with E-state index in [4.69, 9.17) is 10.2 Å². The van der Waals surface area contributed by atoms with Crippen LogP contribution in [0.25, 0.3) is 0 Å². The first-order chi connectivity index (χ1) is 12.6. The lowest BCUT2D eigenvalue weighted by Crippen LogP contribution is -2.60. The van der Waals surface area contributed by atoms with Crippen LogP contribution in [-0.4, -0.2) is 66.1 Å². The first-order valence-electron chi connectivity index (χ1n) is 7.43. The molecule has 0 aliphatic carbocycles. The van der Waals surface area contributed by atoms with Crippen molar-refractivity contribution in [3.05, 3.63) is 35.9 Å². The molecule has 0 aromatic heterocycles. The van der Waals surface area contributed by atoms with Crippen LogP contribution in [0.15, 0.2) is 35.3 Å². The van der Waals surface area contributed by atoms with Gasteiger partial charge in [0.05, 0.1) is 18.0 Å². The number of rotatable bonds is 11. The van der Waals surface area contributed by atoms with Crippen LogP contribution < -0.4 is 0 Å². The number of hydrogen-bond acceptors (Lipinski definition) is 7. The Hall–Kier alpha value is -3.14. The summed E-state index contributed by atoms with van der Waals surface area (Å²) >= 11 is 4.43. The molecular formula is C16H16N2O8S. The maximum Gasteiger partial charge on any atom is 0.348 e. The highest BCUT2D eigenvalue weighted by atomic mass is 32.1. The molecule has 0 fully saturated rings. The number of aliphatic imine (C=N–C) groups is 1. The van der Waals surface area contributed by atoms with Gasteiger partial charge in [-0.2, -0.15) is 4.99 Å². The summed E-state index contributed by atoms with van der Waals surface area (Å²) in [7, 11) is 0. The van der Waals surface area contributed by atoms with E-state index in [-0.39, 0.29) is 0 Å². The Balaban J connectivity index is 3.65. The average molecular weight is 396 g/mol. The van der Waals surface area contributed by atoms with Gasteiger partial charge in [-0.25, -0.2) is 4.79 Å². The van der Waals surface area contributed by atoms with Crippen LogP contribution in [0.4, 0.5) is 0 Å². The minimum Gasteiger partial charge on any atom is -0.481 e. The molecule has 0 heterocycles. The van der Waals surface area contributed by atoms with Gasteiger partial charge in [-0.3, -0.25) is 19.3 Å². The molecule has 11 heteroatoms. The van der Waals surface area contributed by atoms with E-state index in [1.54, 1.807) is 35.5 Å². The quantitative estimate of drug-likeness (QED) is 0.310. The lowest BCUT2D eigenvalue weighted by atomic mass is 9.98. The third-order valence-electron chi connectivity index (χ3n) is 3.67. The number of thiocarbonyl (C=S) groups is 1. The monoisotopic (exact) mass is 396 g/mol. The summed E-state index contributed by atoms with van der Waals surface area (Å²) < 4.78 is 0. The number of aliphatic carboxylic acids is 4. The lowest BCUT2D eigenvalue weighted by Gasteiger charge is -2.39. The number of hydrogen-bond donors (Lipinski definition) is 4. The molecule has 27 heavy (non-hydrogen) atoms. The van der Waals surface area contributed by atoms with Gasteiger partial charge in [0.1, 0.15) is 6.04 Å². The van der Waals surface area contributed by atoms with Gasteiger partial charge < -0.3 is 20.4 Å². The molecule has 1 aromatic rings. The van der Waals surface area contributed by atoms with Gasteiger partial charge in [-0.05, 0) is 17.8 Å². The van der Waals surface area contributed by atoms with Gasteiger partial charge in [0.25, 0.3) is 0 Å². The van der Waals surface area contributed by atoms with Gasteiger partial charge >= 0.3 is 23.9 Å².